The van der Waals surface area contributed by atoms with E-state index in [-0.39, 0.29) is 122 Å². The Labute approximate surface area is 827 Å². The summed E-state index contributed by atoms with van der Waals surface area (Å²) in [6, 6.07) is 99.4. The minimum absolute atomic E-state index is 0. The van der Waals surface area contributed by atoms with Crippen LogP contribution in [-0.4, -0.2) is 49.9 Å². The van der Waals surface area contributed by atoms with E-state index in [4.69, 9.17) is 18.9 Å². The molecule has 18 aromatic rings. The number of furan rings is 2. The molecule has 8 heterocycles. The summed E-state index contributed by atoms with van der Waals surface area (Å²) in [4.78, 5) is 37.5. The third kappa shape index (κ3) is 27.5. The van der Waals surface area contributed by atoms with Crippen molar-refractivity contribution in [1.29, 1.82) is 0 Å². The molecule has 0 spiro atoms. The number of pyridine rings is 4. The van der Waals surface area contributed by atoms with Crippen molar-refractivity contribution in [3.8, 4) is 79.0 Å². The largest absolute Gasteiger partial charge is 0.512 e. The van der Waals surface area contributed by atoms with Gasteiger partial charge in [-0.15, -0.1) is 161 Å². The Bertz CT molecular complexity index is 6560. The van der Waals surface area contributed by atoms with Crippen molar-refractivity contribution in [2.75, 3.05) is 0 Å². The maximum atomic E-state index is 10.0. The number of para-hydroxylation sites is 2. The molecule has 0 aliphatic heterocycles. The maximum Gasteiger partial charge on any atom is 0.216 e. The van der Waals surface area contributed by atoms with Crippen molar-refractivity contribution in [1.82, 2.24) is 39.0 Å². The molecule has 695 valence electrons. The fraction of sp³-hybridized carbons (Fsp3) is 0.256. The molecule has 10 aromatic carbocycles. The fourth-order valence-corrected chi connectivity index (χ4v) is 15.5. The van der Waals surface area contributed by atoms with Crippen LogP contribution in [0.3, 0.4) is 0 Å². The summed E-state index contributed by atoms with van der Waals surface area (Å²) in [5.74, 6) is 4.51. The van der Waals surface area contributed by atoms with Gasteiger partial charge in [-0.3, -0.25) is 19.7 Å². The Kier molecular flexibility index (Phi) is 44.7. The molecule has 0 bridgehead atoms. The number of imidazole rings is 2. The number of nitrogens with zero attached hydrogens (tertiary/aromatic N) is 8. The van der Waals surface area contributed by atoms with E-state index in [0.29, 0.717) is 35.3 Å². The van der Waals surface area contributed by atoms with E-state index in [1.165, 1.54) is 92.0 Å². The van der Waals surface area contributed by atoms with Crippen LogP contribution in [0.25, 0.3) is 134 Å². The first-order valence-corrected chi connectivity index (χ1v) is 42.4. The van der Waals surface area contributed by atoms with Crippen LogP contribution < -0.4 is 0 Å². The van der Waals surface area contributed by atoms with Crippen LogP contribution >= 0.6 is 0 Å². The Morgan fingerprint density at radius 2 is 1.00 bits per heavy atom. The summed E-state index contributed by atoms with van der Waals surface area (Å²) in [5.41, 5.74) is 28.3. The number of benzene rings is 10. The number of carbonyl (C=O) groups excluding carboxylic acids is 1. The summed E-state index contributed by atoms with van der Waals surface area (Å²) in [5, 5.41) is 14.0. The van der Waals surface area contributed by atoms with Crippen molar-refractivity contribution < 1.29 is 79.1 Å². The molecule has 0 unspecified atom stereocenters. The molecular formula is C117H131Ir3N8O4-5. The molecule has 0 aliphatic rings. The first kappa shape index (κ1) is 113. The number of fused-ring (bicyclic) bond motifs is 7. The minimum Gasteiger partial charge on any atom is -0.512 e. The number of aromatic nitrogens is 8. The second-order valence-corrected chi connectivity index (χ2v) is 33.0. The van der Waals surface area contributed by atoms with E-state index < -0.39 is 0 Å². The Morgan fingerprint density at radius 1 is 0.424 bits per heavy atom. The standard InChI is InChI=1S/C27H25N2O.C26H21N2O.C21H23N2.C21H22N.C11H8N.C5H8O2.6CH4.3Ir/c1-17(2)21-16-22-20-12-8-9-13-23(20)30-26(22)24(18(3)4)25(21)29-15-14-28-27(29)19-10-6-5-7-11-19;1-16(2)18-8-10-19(11-9-18)20-13-14-27-24(15-20)23-6-4-5-21-22-12-7-17(3)28-26(22)29-25(21)23;1-15(2)18-11-8-12-19(16(3)4)20(18)23-14-13-22-21(23)17-9-6-5-7-10-17;1-14(2)10-17-6-5-7-21-19(17)8-9-20(22-21)18-12-15(3)11-16(4)13-18;1-2-6-10(7-3-1)11-8-4-5-9-12-11;1-4(6)3-5(2)7;;;;;;;;;/h5-10,12-18H,1-4H3;4-5,7-16H,1-3H3;5-9,11-16H,1-4H3;5-9,11-12,14H,10H2,1-4H3;1-6,8-9H;3,6H,1-2H3;6*1H4;;;/q5*-1;;;;;;;;;;. The van der Waals surface area contributed by atoms with Gasteiger partial charge in [0.1, 0.15) is 11.2 Å². The van der Waals surface area contributed by atoms with Crippen molar-refractivity contribution in [2.45, 2.75) is 198 Å². The number of ketones is 1. The molecule has 0 amide bonds. The van der Waals surface area contributed by atoms with Gasteiger partial charge in [0.15, 0.2) is 5.78 Å². The Morgan fingerprint density at radius 3 is 1.55 bits per heavy atom. The van der Waals surface area contributed by atoms with E-state index >= 15 is 0 Å². The molecule has 1 N–H and O–H groups in total. The van der Waals surface area contributed by atoms with E-state index in [1.807, 2.05) is 135 Å². The molecule has 132 heavy (non-hydrogen) atoms. The van der Waals surface area contributed by atoms with Crippen LogP contribution in [0.4, 0.5) is 0 Å². The molecule has 0 saturated heterocycles. The van der Waals surface area contributed by atoms with Gasteiger partial charge in [0.25, 0.3) is 0 Å². The van der Waals surface area contributed by atoms with Gasteiger partial charge in [-0.05, 0) is 161 Å². The second-order valence-electron chi connectivity index (χ2n) is 33.0. The van der Waals surface area contributed by atoms with Crippen molar-refractivity contribution >= 4 is 60.7 Å². The van der Waals surface area contributed by atoms with Gasteiger partial charge in [0, 0.05) is 148 Å². The number of hydrogen-bond donors (Lipinski definition) is 1. The van der Waals surface area contributed by atoms with Crippen LogP contribution in [0.5, 0.6) is 0 Å². The summed E-state index contributed by atoms with van der Waals surface area (Å²) >= 11 is 0. The first-order chi connectivity index (χ1) is 59.4. The van der Waals surface area contributed by atoms with Crippen LogP contribution in [0, 0.1) is 57.0 Å². The second kappa shape index (κ2) is 52.5. The van der Waals surface area contributed by atoms with Crippen LogP contribution in [0.1, 0.15) is 221 Å². The van der Waals surface area contributed by atoms with Crippen molar-refractivity contribution in [2.24, 2.45) is 5.92 Å². The van der Waals surface area contributed by atoms with Gasteiger partial charge in [-0.2, -0.15) is 0 Å². The predicted molar refractivity (Wildman–Crippen MR) is 547 cm³/mol. The zero-order valence-corrected chi connectivity index (χ0v) is 81.7. The number of hydrogen-bond acceptors (Lipinski definition) is 10. The summed E-state index contributed by atoms with van der Waals surface area (Å²) in [6.07, 6.45) is 13.7. The SMILES string of the molecule is C.C.C.C.C.C.CC(=O)C=C(C)O.CC(C)c1cc2c(oc3ccccc32)c(C(C)C)c1-n1ccnc1-c1[c-]cccc1.CC(C)c1cccc(C(C)C)c1-n1ccnc1-c1[c-]cccc1.Cc1[c-]c(-c2ccc3c(CC(C)C)cccc3n2)cc(C)c1.Cc1ccc2c(n1)oc1c(-c3cc(-c4ccc(C(C)C)cc4)ccn3)[c-]ccc12.[Ir].[Ir].[Ir].[c-]1ccccc1-c1ccccn1. The quantitative estimate of drug-likeness (QED) is 0.0562. The van der Waals surface area contributed by atoms with Crippen molar-refractivity contribution in [3.63, 3.8) is 0 Å². The normalized spacial score (nSPS) is 10.6. The number of aliphatic hydroxyl groups is 1. The molecule has 18 rings (SSSR count). The Balaban J connectivity index is 0.000000340. The summed E-state index contributed by atoms with van der Waals surface area (Å²) in [7, 11) is 0. The Hall–Kier alpha value is -11.8. The average Bonchev–Trinajstić information content (AvgIpc) is 1.59. The first-order valence-electron chi connectivity index (χ1n) is 42.4. The van der Waals surface area contributed by atoms with Crippen molar-refractivity contribution in [3.05, 3.63) is 372 Å². The molecule has 8 aromatic heterocycles. The van der Waals surface area contributed by atoms with Gasteiger partial charge in [0.05, 0.1) is 28.5 Å². The molecule has 0 aliphatic carbocycles. The maximum absolute atomic E-state index is 10.0. The van der Waals surface area contributed by atoms with Gasteiger partial charge >= 0.3 is 0 Å². The van der Waals surface area contributed by atoms with E-state index in [2.05, 4.69) is 307 Å². The number of allylic oxidation sites excluding steroid dienone is 2. The number of aryl methyl sites for hydroxylation is 3. The summed E-state index contributed by atoms with van der Waals surface area (Å²) in [6.45, 7) is 35.9. The zero-order chi connectivity index (χ0) is 87.0. The molecule has 3 radical (unpaired) electrons. The molecule has 15 heteroatoms. The monoisotopic (exact) mass is 2290 g/mol. The average molecular weight is 2290 g/mol. The molecule has 0 fully saturated rings. The third-order valence-electron chi connectivity index (χ3n) is 21.2. The predicted octanol–water partition coefficient (Wildman–Crippen LogP) is 32.9. The van der Waals surface area contributed by atoms with E-state index in [1.54, 1.807) is 6.20 Å². The molecule has 0 saturated carbocycles. The molecule has 12 nitrogen and oxygen atoms in total. The fourth-order valence-electron chi connectivity index (χ4n) is 15.5. The van der Waals surface area contributed by atoms with Gasteiger partial charge in [0.2, 0.25) is 5.71 Å². The smallest absolute Gasteiger partial charge is 0.216 e. The number of carbonyl (C=O) groups is 1. The summed E-state index contributed by atoms with van der Waals surface area (Å²) < 4.78 is 17.0. The molecular weight excluding hydrogens is 2160 g/mol. The van der Waals surface area contributed by atoms with E-state index in [0.717, 1.165) is 113 Å². The van der Waals surface area contributed by atoms with Gasteiger partial charge in [-0.1, -0.05) is 256 Å². The molecule has 0 atom stereocenters. The topological polar surface area (TPSA) is 151 Å². The number of rotatable bonds is 16. The van der Waals surface area contributed by atoms with Crippen LogP contribution in [0.15, 0.2) is 301 Å². The van der Waals surface area contributed by atoms with Gasteiger partial charge < -0.3 is 33.0 Å². The number of aliphatic hydroxyl groups excluding tert-OH is 1. The van der Waals surface area contributed by atoms with Gasteiger partial charge in [-0.25, -0.2) is 4.98 Å². The minimum atomic E-state index is -0.125. The zero-order valence-electron chi connectivity index (χ0n) is 74.6. The van der Waals surface area contributed by atoms with Crippen LogP contribution in [-0.2, 0) is 71.5 Å². The van der Waals surface area contributed by atoms with Crippen LogP contribution in [0.2, 0.25) is 0 Å². The van der Waals surface area contributed by atoms with E-state index in [9.17, 15) is 4.79 Å². The third-order valence-corrected chi connectivity index (χ3v) is 21.2.